The van der Waals surface area contributed by atoms with Crippen LogP contribution in [0.15, 0.2) is 54.7 Å². The van der Waals surface area contributed by atoms with Crippen LogP contribution in [0, 0.1) is 0 Å². The number of amides is 4. The highest BCUT2D eigenvalue weighted by molar-refractivity contribution is 6.05. The molecule has 3 N–H and O–H groups in total. The van der Waals surface area contributed by atoms with Crippen LogP contribution in [-0.2, 0) is 11.3 Å². The zero-order valence-corrected chi connectivity index (χ0v) is 19.5. The summed E-state index contributed by atoms with van der Waals surface area (Å²) in [5.41, 5.74) is 2.68. The first-order valence-electron chi connectivity index (χ1n) is 11.2. The first-order valence-corrected chi connectivity index (χ1v) is 11.2. The van der Waals surface area contributed by atoms with Crippen molar-refractivity contribution < 1.29 is 14.4 Å². The molecule has 8 nitrogen and oxygen atoms in total. The summed E-state index contributed by atoms with van der Waals surface area (Å²) < 4.78 is 1.92. The second-order valence-corrected chi connectivity index (χ2v) is 8.07. The van der Waals surface area contributed by atoms with E-state index in [1.807, 2.05) is 62.7 Å². The van der Waals surface area contributed by atoms with Gasteiger partial charge in [-0.2, -0.15) is 0 Å². The van der Waals surface area contributed by atoms with Gasteiger partial charge in [0.1, 0.15) is 6.54 Å². The number of benzene rings is 2. The number of carbonyl (C=O) groups is 3. The van der Waals surface area contributed by atoms with E-state index in [1.165, 1.54) is 0 Å². The van der Waals surface area contributed by atoms with E-state index in [0.717, 1.165) is 10.9 Å². The number of nitrogens with zero attached hydrogens (tertiary/aromatic N) is 2. The van der Waals surface area contributed by atoms with Crippen LogP contribution in [0.3, 0.4) is 0 Å². The molecule has 0 saturated carbocycles. The lowest BCUT2D eigenvalue weighted by atomic mass is 10.1. The van der Waals surface area contributed by atoms with Crippen LogP contribution in [0.1, 0.15) is 38.1 Å². The maximum absolute atomic E-state index is 12.7. The molecule has 0 unspecified atom stereocenters. The van der Waals surface area contributed by atoms with Crippen molar-refractivity contribution >= 4 is 40.1 Å². The van der Waals surface area contributed by atoms with E-state index >= 15 is 0 Å². The predicted molar refractivity (Wildman–Crippen MR) is 132 cm³/mol. The molecule has 174 valence electrons. The van der Waals surface area contributed by atoms with E-state index in [4.69, 9.17) is 0 Å². The minimum absolute atomic E-state index is 0.0344. The fraction of sp³-hybridized carbons (Fsp3) is 0.320. The van der Waals surface area contributed by atoms with Crippen LogP contribution in [0.5, 0.6) is 0 Å². The molecule has 3 aromatic rings. The summed E-state index contributed by atoms with van der Waals surface area (Å²) in [6, 6.07) is 14.0. The molecule has 0 aliphatic heterocycles. The molecule has 4 amide bonds. The SMILES string of the molecule is CCN(CC)C(=O)Cn1ccc2cc(NC(=O)c3ccc(NC(=O)NC(C)C)cc3)ccc21. The quantitative estimate of drug-likeness (QED) is 0.479. The number of nitrogens with one attached hydrogen (secondary N) is 3. The van der Waals surface area contributed by atoms with Gasteiger partial charge in [0.2, 0.25) is 5.91 Å². The lowest BCUT2D eigenvalue weighted by molar-refractivity contribution is -0.131. The number of likely N-dealkylation sites (N-methyl/N-ethyl adjacent to an activating group) is 1. The van der Waals surface area contributed by atoms with Crippen molar-refractivity contribution in [2.24, 2.45) is 0 Å². The van der Waals surface area contributed by atoms with Crippen LogP contribution in [0.2, 0.25) is 0 Å². The monoisotopic (exact) mass is 449 g/mol. The molecule has 0 radical (unpaired) electrons. The summed E-state index contributed by atoms with van der Waals surface area (Å²) in [5.74, 6) is -0.168. The lowest BCUT2D eigenvalue weighted by Gasteiger charge is -2.19. The minimum Gasteiger partial charge on any atom is -0.342 e. The van der Waals surface area contributed by atoms with Gasteiger partial charge in [-0.1, -0.05) is 0 Å². The van der Waals surface area contributed by atoms with Gasteiger partial charge in [-0.05, 0) is 76.2 Å². The van der Waals surface area contributed by atoms with E-state index in [-0.39, 0.29) is 30.4 Å². The number of rotatable bonds is 8. The third-order valence-electron chi connectivity index (χ3n) is 5.28. The van der Waals surface area contributed by atoms with E-state index in [2.05, 4.69) is 16.0 Å². The molecule has 3 rings (SSSR count). The predicted octanol–water partition coefficient (Wildman–Crippen LogP) is 4.29. The third kappa shape index (κ3) is 6.12. The number of fused-ring (bicyclic) bond motifs is 1. The summed E-state index contributed by atoms with van der Waals surface area (Å²) in [5, 5.41) is 9.32. The van der Waals surface area contributed by atoms with Crippen molar-refractivity contribution in [3.8, 4) is 0 Å². The average molecular weight is 450 g/mol. The Balaban J connectivity index is 1.65. The first-order chi connectivity index (χ1) is 15.8. The van der Waals surface area contributed by atoms with Crippen LogP contribution in [0.4, 0.5) is 16.2 Å². The molecular weight excluding hydrogens is 418 g/mol. The van der Waals surface area contributed by atoms with Gasteiger partial charge in [0, 0.05) is 53.2 Å². The fourth-order valence-corrected chi connectivity index (χ4v) is 3.58. The molecule has 1 aromatic heterocycles. The second-order valence-electron chi connectivity index (χ2n) is 8.07. The van der Waals surface area contributed by atoms with Crippen molar-refractivity contribution in [2.45, 2.75) is 40.3 Å². The molecule has 0 atom stereocenters. The van der Waals surface area contributed by atoms with Crippen molar-refractivity contribution in [3.05, 3.63) is 60.3 Å². The fourth-order valence-electron chi connectivity index (χ4n) is 3.58. The summed E-state index contributed by atoms with van der Waals surface area (Å²) in [6.45, 7) is 9.36. The second kappa shape index (κ2) is 10.7. The van der Waals surface area contributed by atoms with Crippen molar-refractivity contribution in [3.63, 3.8) is 0 Å². The summed E-state index contributed by atoms with van der Waals surface area (Å²) in [6.07, 6.45) is 1.89. The average Bonchev–Trinajstić information content (AvgIpc) is 3.16. The molecule has 0 saturated heterocycles. The smallest absolute Gasteiger partial charge is 0.319 e. The van der Waals surface area contributed by atoms with Gasteiger partial charge in [0.05, 0.1) is 0 Å². The van der Waals surface area contributed by atoms with Gasteiger partial charge in [0.25, 0.3) is 5.91 Å². The Morgan fingerprint density at radius 2 is 1.58 bits per heavy atom. The largest absolute Gasteiger partial charge is 0.342 e. The number of anilines is 2. The first kappa shape index (κ1) is 23.8. The summed E-state index contributed by atoms with van der Waals surface area (Å²) >= 11 is 0. The zero-order valence-electron chi connectivity index (χ0n) is 19.5. The van der Waals surface area contributed by atoms with Crippen LogP contribution >= 0.6 is 0 Å². The third-order valence-corrected chi connectivity index (χ3v) is 5.28. The van der Waals surface area contributed by atoms with Crippen LogP contribution < -0.4 is 16.0 Å². The lowest BCUT2D eigenvalue weighted by Crippen LogP contribution is -2.34. The highest BCUT2D eigenvalue weighted by Crippen LogP contribution is 2.22. The maximum Gasteiger partial charge on any atom is 0.319 e. The summed E-state index contributed by atoms with van der Waals surface area (Å²) in [7, 11) is 0. The van der Waals surface area contributed by atoms with Gasteiger partial charge in [0.15, 0.2) is 0 Å². The van der Waals surface area contributed by atoms with Gasteiger partial charge in [-0.25, -0.2) is 4.79 Å². The van der Waals surface area contributed by atoms with Crippen molar-refractivity contribution in [1.82, 2.24) is 14.8 Å². The van der Waals surface area contributed by atoms with E-state index in [1.54, 1.807) is 29.2 Å². The molecule has 8 heteroatoms. The zero-order chi connectivity index (χ0) is 24.0. The van der Waals surface area contributed by atoms with Crippen LogP contribution in [0.25, 0.3) is 10.9 Å². The Morgan fingerprint density at radius 1 is 0.909 bits per heavy atom. The number of hydrogen-bond donors (Lipinski definition) is 3. The number of aromatic nitrogens is 1. The Bertz CT molecular complexity index is 1130. The number of hydrogen-bond acceptors (Lipinski definition) is 3. The molecule has 33 heavy (non-hydrogen) atoms. The Hall–Kier alpha value is -3.81. The minimum atomic E-state index is -0.291. The van der Waals surface area contributed by atoms with E-state index in [9.17, 15) is 14.4 Å². The van der Waals surface area contributed by atoms with Gasteiger partial charge < -0.3 is 25.4 Å². The maximum atomic E-state index is 12.7. The molecule has 0 spiro atoms. The number of urea groups is 1. The molecule has 1 heterocycles. The highest BCUT2D eigenvalue weighted by Gasteiger charge is 2.13. The van der Waals surface area contributed by atoms with E-state index < -0.39 is 0 Å². The van der Waals surface area contributed by atoms with Crippen molar-refractivity contribution in [1.29, 1.82) is 0 Å². The Labute approximate surface area is 193 Å². The van der Waals surface area contributed by atoms with Crippen molar-refractivity contribution in [2.75, 3.05) is 23.7 Å². The highest BCUT2D eigenvalue weighted by atomic mass is 16.2. The standard InChI is InChI=1S/C25H31N5O3/c1-5-29(6-2)23(31)16-30-14-13-19-15-21(11-12-22(19)30)27-24(32)18-7-9-20(10-8-18)28-25(33)26-17(3)4/h7-15,17H,5-6,16H2,1-4H3,(H,27,32)(H2,26,28,33). The molecule has 2 aromatic carbocycles. The summed E-state index contributed by atoms with van der Waals surface area (Å²) in [4.78, 5) is 38.7. The number of carbonyl (C=O) groups excluding carboxylic acids is 3. The van der Waals surface area contributed by atoms with Gasteiger partial charge in [-0.3, -0.25) is 9.59 Å². The molecular formula is C25H31N5O3. The van der Waals surface area contributed by atoms with Gasteiger partial charge in [-0.15, -0.1) is 0 Å². The molecule has 0 aliphatic rings. The van der Waals surface area contributed by atoms with Gasteiger partial charge >= 0.3 is 6.03 Å². The van der Waals surface area contributed by atoms with E-state index in [0.29, 0.717) is 30.0 Å². The Kier molecular flexibility index (Phi) is 7.71. The Morgan fingerprint density at radius 3 is 2.21 bits per heavy atom. The van der Waals surface area contributed by atoms with Crippen LogP contribution in [-0.4, -0.2) is 46.4 Å². The normalized spacial score (nSPS) is 10.8. The topological polar surface area (TPSA) is 95.5 Å². The molecule has 0 aliphatic carbocycles. The molecule has 0 fully saturated rings. The molecule has 0 bridgehead atoms.